The van der Waals surface area contributed by atoms with Crippen molar-refractivity contribution in [1.82, 2.24) is 0 Å². The Bertz CT molecular complexity index is 1420. The van der Waals surface area contributed by atoms with E-state index in [0.29, 0.717) is 17.7 Å². The summed E-state index contributed by atoms with van der Waals surface area (Å²) in [6, 6.07) is 6.69. The summed E-state index contributed by atoms with van der Waals surface area (Å²) in [5.74, 6) is 3.34. The molecule has 0 amide bonds. The van der Waals surface area contributed by atoms with Gasteiger partial charge in [0.2, 0.25) is 5.78 Å². The van der Waals surface area contributed by atoms with Gasteiger partial charge in [-0.2, -0.15) is 0 Å². The summed E-state index contributed by atoms with van der Waals surface area (Å²) in [6.07, 6.45) is 9.11. The molecular weight excluding hydrogens is 432 g/mol. The molecule has 0 radical (unpaired) electrons. The van der Waals surface area contributed by atoms with Gasteiger partial charge in [-0.25, -0.2) is 4.79 Å². The minimum absolute atomic E-state index is 0.0764. The number of ether oxygens (including phenoxy) is 1. The first kappa shape index (κ1) is 22.7. The zero-order valence-corrected chi connectivity index (χ0v) is 18.5. The lowest BCUT2D eigenvalue weighted by atomic mass is 9.77. The van der Waals surface area contributed by atoms with E-state index in [4.69, 9.17) is 9.15 Å². The molecule has 1 aromatic heterocycles. The summed E-state index contributed by atoms with van der Waals surface area (Å²) in [7, 11) is 0. The van der Waals surface area contributed by atoms with Gasteiger partial charge >= 0.3 is 5.63 Å². The number of aliphatic hydroxyl groups is 1. The lowest BCUT2D eigenvalue weighted by Crippen LogP contribution is -2.27. The molecule has 0 spiro atoms. The highest BCUT2D eigenvalue weighted by Gasteiger charge is 2.38. The molecule has 2 N–H and O–H groups in total. The van der Waals surface area contributed by atoms with Crippen molar-refractivity contribution in [2.75, 3.05) is 6.61 Å². The molecule has 2 unspecified atom stereocenters. The number of para-hydroxylation sites is 1. The number of carbonyl (C=O) groups excluding carboxylic acids is 1. The normalized spacial score (nSPS) is 17.8. The van der Waals surface area contributed by atoms with Crippen LogP contribution in [0, 0.1) is 24.7 Å². The van der Waals surface area contributed by atoms with E-state index in [1.165, 1.54) is 6.08 Å². The van der Waals surface area contributed by atoms with Crippen LogP contribution in [-0.2, 0) is 4.79 Å². The van der Waals surface area contributed by atoms with Gasteiger partial charge in [0, 0.05) is 17.6 Å². The molecule has 6 heteroatoms. The predicted molar refractivity (Wildman–Crippen MR) is 128 cm³/mol. The zero-order valence-electron chi connectivity index (χ0n) is 18.5. The van der Waals surface area contributed by atoms with Crippen LogP contribution in [0.25, 0.3) is 11.8 Å². The van der Waals surface area contributed by atoms with Gasteiger partial charge < -0.3 is 19.4 Å². The third-order valence-electron chi connectivity index (χ3n) is 5.74. The number of fused-ring (bicyclic) bond motifs is 1. The summed E-state index contributed by atoms with van der Waals surface area (Å²) in [5, 5.41) is 22.4. The molecule has 0 bridgehead atoms. The van der Waals surface area contributed by atoms with Crippen molar-refractivity contribution in [3.8, 4) is 23.3 Å². The van der Waals surface area contributed by atoms with E-state index < -0.39 is 23.2 Å². The van der Waals surface area contributed by atoms with Crippen molar-refractivity contribution < 1.29 is 24.2 Å². The Labute approximate surface area is 196 Å². The third kappa shape index (κ3) is 4.13. The lowest BCUT2D eigenvalue weighted by Gasteiger charge is -2.24. The maximum atomic E-state index is 13.3. The Balaban J connectivity index is 2.06. The van der Waals surface area contributed by atoms with Crippen LogP contribution in [0.15, 0.2) is 75.7 Å². The monoisotopic (exact) mass is 454 g/mol. The molecule has 0 saturated heterocycles. The van der Waals surface area contributed by atoms with Crippen LogP contribution < -0.4 is 10.4 Å². The highest BCUT2D eigenvalue weighted by atomic mass is 16.5. The molecule has 2 heterocycles. The van der Waals surface area contributed by atoms with Gasteiger partial charge in [-0.1, -0.05) is 48.8 Å². The van der Waals surface area contributed by atoms with Crippen LogP contribution in [0.3, 0.4) is 0 Å². The number of aliphatic hydroxyl groups excluding tert-OH is 1. The topological polar surface area (TPSA) is 97.0 Å². The minimum Gasteiger partial charge on any atom is -0.507 e. The van der Waals surface area contributed by atoms with Crippen molar-refractivity contribution in [2.45, 2.75) is 19.3 Å². The number of carbonyl (C=O) groups is 1. The number of hydrogen-bond donors (Lipinski definition) is 2. The van der Waals surface area contributed by atoms with Crippen molar-refractivity contribution in [2.24, 2.45) is 5.92 Å². The average Bonchev–Trinajstić information content (AvgIpc) is 2.92. The summed E-state index contributed by atoms with van der Waals surface area (Å²) in [6.45, 7) is 4.70. The van der Waals surface area contributed by atoms with Crippen LogP contribution in [0.4, 0.5) is 0 Å². The van der Waals surface area contributed by atoms with Gasteiger partial charge in [0.15, 0.2) is 6.61 Å². The van der Waals surface area contributed by atoms with Crippen LogP contribution in [0.5, 0.6) is 11.5 Å². The second-order valence-electron chi connectivity index (χ2n) is 7.82. The molecule has 34 heavy (non-hydrogen) atoms. The highest BCUT2D eigenvalue weighted by molar-refractivity contribution is 6.05. The molecule has 2 aromatic rings. The summed E-state index contributed by atoms with van der Waals surface area (Å²) in [5.41, 5.74) is 2.01. The van der Waals surface area contributed by atoms with Crippen molar-refractivity contribution in [3.05, 3.63) is 99.3 Å². The van der Waals surface area contributed by atoms with Crippen molar-refractivity contribution in [3.63, 3.8) is 0 Å². The van der Waals surface area contributed by atoms with Crippen molar-refractivity contribution >= 4 is 17.6 Å². The lowest BCUT2D eigenvalue weighted by molar-refractivity contribution is -0.117. The van der Waals surface area contributed by atoms with Gasteiger partial charge in [-0.15, -0.1) is 5.73 Å². The number of rotatable bonds is 4. The Morgan fingerprint density at radius 1 is 1.24 bits per heavy atom. The highest BCUT2D eigenvalue weighted by Crippen LogP contribution is 2.43. The fraction of sp³-hybridized carbons (Fsp3) is 0.179. The Hall–Kier alpha value is -4.46. The Morgan fingerprint density at radius 2 is 2.03 bits per heavy atom. The van der Waals surface area contributed by atoms with E-state index in [2.05, 4.69) is 24.2 Å². The maximum absolute atomic E-state index is 13.3. The second kappa shape index (κ2) is 9.58. The molecule has 2 atom stereocenters. The van der Waals surface area contributed by atoms with E-state index in [-0.39, 0.29) is 40.6 Å². The van der Waals surface area contributed by atoms with Gasteiger partial charge in [0.05, 0.1) is 22.6 Å². The summed E-state index contributed by atoms with van der Waals surface area (Å²) >= 11 is 0. The molecule has 2 aliphatic rings. The number of ketones is 1. The van der Waals surface area contributed by atoms with Crippen LogP contribution in [0.2, 0.25) is 0 Å². The van der Waals surface area contributed by atoms with Gasteiger partial charge in [0.1, 0.15) is 23.0 Å². The molecule has 0 fully saturated rings. The molecule has 170 valence electrons. The van der Waals surface area contributed by atoms with Crippen LogP contribution >= 0.6 is 0 Å². The van der Waals surface area contributed by atoms with E-state index in [1.807, 2.05) is 12.2 Å². The summed E-state index contributed by atoms with van der Waals surface area (Å²) in [4.78, 5) is 26.5. The first-order chi connectivity index (χ1) is 16.4. The van der Waals surface area contributed by atoms with E-state index in [9.17, 15) is 19.8 Å². The fourth-order valence-electron chi connectivity index (χ4n) is 4.08. The quantitative estimate of drug-likeness (QED) is 0.398. The van der Waals surface area contributed by atoms with Gasteiger partial charge in [-0.05, 0) is 31.6 Å². The van der Waals surface area contributed by atoms with E-state index in [1.54, 1.807) is 43.3 Å². The number of allylic oxidation sites excluding steroid dienone is 4. The molecular formula is C28H22O6. The smallest absolute Gasteiger partial charge is 0.343 e. The molecule has 6 nitrogen and oxygen atoms in total. The molecule has 0 saturated carbocycles. The van der Waals surface area contributed by atoms with Gasteiger partial charge in [0.25, 0.3) is 0 Å². The van der Waals surface area contributed by atoms with E-state index >= 15 is 0 Å². The number of Topliss-reactive ketones (excluding diaryl/α,β-unsaturated/α-hetero) is 1. The first-order valence-corrected chi connectivity index (χ1v) is 10.7. The molecule has 1 aliphatic carbocycles. The molecule has 4 rings (SSSR count). The molecule has 1 aliphatic heterocycles. The number of aromatic hydroxyl groups is 1. The fourth-order valence-corrected chi connectivity index (χ4v) is 4.08. The average molecular weight is 454 g/mol. The Morgan fingerprint density at radius 3 is 2.82 bits per heavy atom. The molecule has 1 aromatic carbocycles. The standard InChI is InChI=1S/C28H22O6/c1-3-11-21-17(2)26(30)25(28(32)34-21)23(18-12-7-5-4-6-8-13-18)24-20(29)16-33-22-15-10-9-14-19(22)27(24)31/h4-5,8-11,13-15,18,23,30-31H,1,6,16H2,2H3. The minimum atomic E-state index is -1.12. The first-order valence-electron chi connectivity index (χ1n) is 10.7. The maximum Gasteiger partial charge on any atom is 0.343 e. The van der Waals surface area contributed by atoms with Crippen molar-refractivity contribution in [1.29, 1.82) is 0 Å². The second-order valence-corrected chi connectivity index (χ2v) is 7.82. The predicted octanol–water partition coefficient (Wildman–Crippen LogP) is 4.60. The SMILES string of the molecule is C=C=Cc1oc(=O)c(C(C2=C(O)c3ccccc3OCC2=O)C2C#CC=CCC=C2)c(O)c1C. The van der Waals surface area contributed by atoms with E-state index in [0.717, 1.165) is 0 Å². The number of hydrogen-bond acceptors (Lipinski definition) is 6. The van der Waals surface area contributed by atoms with Gasteiger partial charge in [-0.3, -0.25) is 4.79 Å². The largest absolute Gasteiger partial charge is 0.507 e. The zero-order chi connectivity index (χ0) is 24.2. The number of benzene rings is 1. The Kier molecular flexibility index (Phi) is 6.40. The third-order valence-corrected chi connectivity index (χ3v) is 5.74. The van der Waals surface area contributed by atoms with Crippen LogP contribution in [-0.4, -0.2) is 22.6 Å². The van der Waals surface area contributed by atoms with Crippen LogP contribution in [0.1, 0.15) is 34.8 Å². The summed E-state index contributed by atoms with van der Waals surface area (Å²) < 4.78 is 11.1.